The molecule has 0 radical (unpaired) electrons. The molecule has 0 aliphatic heterocycles. The van der Waals surface area contributed by atoms with Gasteiger partial charge < -0.3 is 10.4 Å². The van der Waals surface area contributed by atoms with Crippen LogP contribution in [0.1, 0.15) is 16.8 Å². The van der Waals surface area contributed by atoms with Crippen molar-refractivity contribution in [2.75, 3.05) is 5.75 Å². The molecule has 0 heterocycles. The van der Waals surface area contributed by atoms with Crippen molar-refractivity contribution >= 4 is 21.7 Å². The summed E-state index contributed by atoms with van der Waals surface area (Å²) in [4.78, 5) is 23.4. The van der Waals surface area contributed by atoms with Crippen LogP contribution in [0.25, 0.3) is 0 Å². The normalized spacial score (nSPS) is 12.4. The van der Waals surface area contributed by atoms with Crippen LogP contribution in [0.3, 0.4) is 0 Å². The van der Waals surface area contributed by atoms with Gasteiger partial charge >= 0.3 is 5.97 Å². The van der Waals surface area contributed by atoms with Crippen molar-refractivity contribution in [3.05, 3.63) is 66.0 Å². The Labute approximate surface area is 144 Å². The number of carbonyl (C=O) groups is 2. The van der Waals surface area contributed by atoms with E-state index >= 15 is 0 Å². The molecule has 2 rings (SSSR count). The summed E-state index contributed by atoms with van der Waals surface area (Å²) in [6, 6.07) is 10.8. The average molecular weight is 365 g/mol. The Morgan fingerprint density at radius 3 is 2.20 bits per heavy atom. The monoisotopic (exact) mass is 365 g/mol. The standard InChI is InChI=1S/C17H16FNO5S/c18-13-8-6-12(7-9-13)16(20)19-15(17(21)22)10-11-25(23,24)14-4-2-1-3-5-14/h1-9,15H,10-11H2,(H,19,20)(H,21,22)/t15-/m0/s1. The van der Waals surface area contributed by atoms with Gasteiger partial charge in [-0.15, -0.1) is 0 Å². The number of halogens is 1. The Hall–Kier alpha value is -2.74. The summed E-state index contributed by atoms with van der Waals surface area (Å²) in [5.41, 5.74) is 0.0820. The van der Waals surface area contributed by atoms with E-state index in [4.69, 9.17) is 0 Å². The molecule has 0 spiro atoms. The van der Waals surface area contributed by atoms with Gasteiger partial charge in [0.25, 0.3) is 5.91 Å². The maximum Gasteiger partial charge on any atom is 0.326 e. The molecule has 2 N–H and O–H groups in total. The first-order valence-electron chi connectivity index (χ1n) is 7.36. The summed E-state index contributed by atoms with van der Waals surface area (Å²) >= 11 is 0. The molecule has 0 fully saturated rings. The van der Waals surface area contributed by atoms with Gasteiger partial charge in [-0.1, -0.05) is 18.2 Å². The highest BCUT2D eigenvalue weighted by atomic mass is 32.2. The molecule has 0 saturated heterocycles. The highest BCUT2D eigenvalue weighted by Crippen LogP contribution is 2.12. The van der Waals surface area contributed by atoms with E-state index in [1.54, 1.807) is 18.2 Å². The number of carbonyl (C=O) groups excluding carboxylic acids is 1. The van der Waals surface area contributed by atoms with Crippen molar-refractivity contribution in [1.29, 1.82) is 0 Å². The fourth-order valence-electron chi connectivity index (χ4n) is 2.12. The lowest BCUT2D eigenvalue weighted by Crippen LogP contribution is -2.41. The molecule has 25 heavy (non-hydrogen) atoms. The Kier molecular flexibility index (Phi) is 5.87. The largest absolute Gasteiger partial charge is 0.480 e. The number of rotatable bonds is 7. The van der Waals surface area contributed by atoms with Gasteiger partial charge in [-0.25, -0.2) is 17.6 Å². The summed E-state index contributed by atoms with van der Waals surface area (Å²) in [6.45, 7) is 0. The van der Waals surface area contributed by atoms with E-state index in [9.17, 15) is 27.5 Å². The Bertz CT molecular complexity index is 850. The number of carboxylic acids is 1. The minimum absolute atomic E-state index is 0.0820. The molecule has 6 nitrogen and oxygen atoms in total. The molecule has 8 heteroatoms. The van der Waals surface area contributed by atoms with E-state index < -0.39 is 39.3 Å². The molecule has 0 aliphatic rings. The first-order valence-corrected chi connectivity index (χ1v) is 9.02. The van der Waals surface area contributed by atoms with E-state index in [0.717, 1.165) is 12.1 Å². The number of sulfone groups is 1. The van der Waals surface area contributed by atoms with Crippen molar-refractivity contribution in [3.63, 3.8) is 0 Å². The van der Waals surface area contributed by atoms with Crippen molar-refractivity contribution in [2.24, 2.45) is 0 Å². The highest BCUT2D eigenvalue weighted by Gasteiger charge is 2.24. The van der Waals surface area contributed by atoms with Gasteiger partial charge in [0.1, 0.15) is 11.9 Å². The minimum atomic E-state index is -3.66. The number of carboxylic acid groups (broad SMARTS) is 1. The predicted molar refractivity (Wildman–Crippen MR) is 88.4 cm³/mol. The quantitative estimate of drug-likeness (QED) is 0.780. The molecule has 0 saturated carbocycles. The molecule has 2 aromatic carbocycles. The number of nitrogens with one attached hydrogen (secondary N) is 1. The zero-order chi connectivity index (χ0) is 18.4. The van der Waals surface area contributed by atoms with Crippen LogP contribution in [0.2, 0.25) is 0 Å². The second-order valence-electron chi connectivity index (χ2n) is 5.29. The summed E-state index contributed by atoms with van der Waals surface area (Å²) < 4.78 is 37.3. The van der Waals surface area contributed by atoms with E-state index in [0.29, 0.717) is 0 Å². The molecule has 0 aliphatic carbocycles. The van der Waals surface area contributed by atoms with Crippen LogP contribution in [0, 0.1) is 5.82 Å². The van der Waals surface area contributed by atoms with Gasteiger partial charge in [0.05, 0.1) is 10.6 Å². The summed E-state index contributed by atoms with van der Waals surface area (Å²) in [5, 5.41) is 11.5. The third-order valence-corrected chi connectivity index (χ3v) is 5.25. The molecule has 0 bridgehead atoms. The second-order valence-corrected chi connectivity index (χ2v) is 7.40. The third kappa shape index (κ3) is 5.12. The molecule has 1 atom stereocenters. The molecule has 1 amide bonds. The maximum atomic E-state index is 12.9. The van der Waals surface area contributed by atoms with Crippen LogP contribution in [0.4, 0.5) is 4.39 Å². The lowest BCUT2D eigenvalue weighted by atomic mass is 10.1. The van der Waals surface area contributed by atoms with Crippen molar-refractivity contribution in [1.82, 2.24) is 5.32 Å². The minimum Gasteiger partial charge on any atom is -0.480 e. The van der Waals surface area contributed by atoms with Crippen LogP contribution in [0.5, 0.6) is 0 Å². The zero-order valence-corrected chi connectivity index (χ0v) is 13.9. The van der Waals surface area contributed by atoms with E-state index in [1.165, 1.54) is 24.3 Å². The van der Waals surface area contributed by atoms with Crippen LogP contribution >= 0.6 is 0 Å². The van der Waals surface area contributed by atoms with E-state index in [1.807, 2.05) is 0 Å². The first-order chi connectivity index (χ1) is 11.8. The highest BCUT2D eigenvalue weighted by molar-refractivity contribution is 7.91. The van der Waals surface area contributed by atoms with Crippen molar-refractivity contribution in [2.45, 2.75) is 17.4 Å². The number of amides is 1. The van der Waals surface area contributed by atoms with Gasteiger partial charge in [0.2, 0.25) is 0 Å². The summed E-state index contributed by atoms with van der Waals surface area (Å²) in [7, 11) is -3.66. The van der Waals surface area contributed by atoms with Crippen molar-refractivity contribution in [3.8, 4) is 0 Å². The van der Waals surface area contributed by atoms with E-state index in [-0.39, 0.29) is 16.9 Å². The fraction of sp³-hybridized carbons (Fsp3) is 0.176. The second kappa shape index (κ2) is 7.89. The first kappa shape index (κ1) is 18.6. The fourth-order valence-corrected chi connectivity index (χ4v) is 3.47. The number of aliphatic carboxylic acids is 1. The number of hydrogen-bond acceptors (Lipinski definition) is 4. The average Bonchev–Trinajstić information content (AvgIpc) is 2.59. The Morgan fingerprint density at radius 1 is 1.04 bits per heavy atom. The van der Waals surface area contributed by atoms with Gasteiger partial charge in [-0.2, -0.15) is 0 Å². The molecule has 132 valence electrons. The van der Waals surface area contributed by atoms with Crippen LogP contribution in [0.15, 0.2) is 59.5 Å². The lowest BCUT2D eigenvalue weighted by Gasteiger charge is -2.14. The molecule has 0 unspecified atom stereocenters. The van der Waals surface area contributed by atoms with Crippen LogP contribution < -0.4 is 5.32 Å². The Balaban J connectivity index is 2.05. The van der Waals surface area contributed by atoms with Crippen LogP contribution in [-0.4, -0.2) is 37.2 Å². The van der Waals surface area contributed by atoms with E-state index in [2.05, 4.69) is 5.32 Å². The van der Waals surface area contributed by atoms with Crippen LogP contribution in [-0.2, 0) is 14.6 Å². The predicted octanol–water partition coefficient (Wildman–Crippen LogP) is 1.87. The maximum absolute atomic E-state index is 12.9. The van der Waals surface area contributed by atoms with Gasteiger partial charge in [0, 0.05) is 5.56 Å². The zero-order valence-electron chi connectivity index (χ0n) is 13.1. The SMILES string of the molecule is O=C(N[C@@H](CCS(=O)(=O)c1ccccc1)C(=O)O)c1ccc(F)cc1. The van der Waals surface area contributed by atoms with Gasteiger partial charge in [0.15, 0.2) is 9.84 Å². The summed E-state index contributed by atoms with van der Waals surface area (Å²) in [6.07, 6.45) is -0.292. The van der Waals surface area contributed by atoms with Gasteiger partial charge in [-0.3, -0.25) is 4.79 Å². The lowest BCUT2D eigenvalue weighted by molar-refractivity contribution is -0.139. The van der Waals surface area contributed by atoms with Crippen molar-refractivity contribution < 1.29 is 27.5 Å². The molecule has 0 aromatic heterocycles. The summed E-state index contributed by atoms with van der Waals surface area (Å²) in [5.74, 6) is -3.03. The molecular weight excluding hydrogens is 349 g/mol. The molecular formula is C17H16FNO5S. The Morgan fingerprint density at radius 2 is 1.64 bits per heavy atom. The number of hydrogen-bond donors (Lipinski definition) is 2. The third-order valence-electron chi connectivity index (χ3n) is 3.49. The topological polar surface area (TPSA) is 101 Å². The molecule has 2 aromatic rings. The smallest absolute Gasteiger partial charge is 0.326 e. The number of benzene rings is 2. The van der Waals surface area contributed by atoms with Gasteiger partial charge in [-0.05, 0) is 42.8 Å².